The van der Waals surface area contributed by atoms with Crippen LogP contribution in [-0.4, -0.2) is 55.0 Å². The quantitative estimate of drug-likeness (QED) is 0.850. The first kappa shape index (κ1) is 22.5. The van der Waals surface area contributed by atoms with Crippen LogP contribution in [0.25, 0.3) is 0 Å². The number of likely N-dealkylation sites (N-methyl/N-ethyl adjacent to an activating group) is 1. The van der Waals surface area contributed by atoms with Crippen LogP contribution in [0.3, 0.4) is 0 Å². The van der Waals surface area contributed by atoms with Gasteiger partial charge in [0.25, 0.3) is 0 Å². The Labute approximate surface area is 156 Å². The van der Waals surface area contributed by atoms with Crippen molar-refractivity contribution in [3.63, 3.8) is 0 Å². The molecule has 1 aliphatic rings. The number of hydrogen-bond acceptors (Lipinski definition) is 3. The van der Waals surface area contributed by atoms with Gasteiger partial charge >= 0.3 is 0 Å². The SMILES string of the molecule is CCN(CC)CC(=O)N1CCNCC1c1cccc(Cl)c1.Cl.Cl. The van der Waals surface area contributed by atoms with E-state index in [1.54, 1.807) is 0 Å². The molecular weight excluding hydrogens is 357 g/mol. The van der Waals surface area contributed by atoms with Crippen LogP contribution < -0.4 is 5.32 Å². The molecule has 0 spiro atoms. The number of nitrogens with zero attached hydrogens (tertiary/aromatic N) is 2. The van der Waals surface area contributed by atoms with Gasteiger partial charge in [-0.2, -0.15) is 0 Å². The van der Waals surface area contributed by atoms with Crippen LogP contribution in [-0.2, 0) is 4.79 Å². The highest BCUT2D eigenvalue weighted by Gasteiger charge is 2.28. The van der Waals surface area contributed by atoms with E-state index in [0.29, 0.717) is 11.6 Å². The van der Waals surface area contributed by atoms with Crippen molar-refractivity contribution >= 4 is 42.3 Å². The first-order chi connectivity index (χ1) is 10.2. The number of amides is 1. The molecule has 23 heavy (non-hydrogen) atoms. The number of hydrogen-bond donors (Lipinski definition) is 1. The summed E-state index contributed by atoms with van der Waals surface area (Å²) in [5.41, 5.74) is 1.10. The maximum atomic E-state index is 12.6. The Morgan fingerprint density at radius 3 is 2.65 bits per heavy atom. The first-order valence-electron chi connectivity index (χ1n) is 7.63. The van der Waals surface area contributed by atoms with Crippen molar-refractivity contribution in [2.24, 2.45) is 0 Å². The van der Waals surface area contributed by atoms with Crippen LogP contribution in [0.5, 0.6) is 0 Å². The Hall–Kier alpha value is -0.520. The van der Waals surface area contributed by atoms with Crippen molar-refractivity contribution in [3.05, 3.63) is 34.9 Å². The lowest BCUT2D eigenvalue weighted by atomic mass is 10.0. The fraction of sp³-hybridized carbons (Fsp3) is 0.562. The number of nitrogens with one attached hydrogen (secondary N) is 1. The van der Waals surface area contributed by atoms with Crippen LogP contribution >= 0.6 is 36.4 Å². The van der Waals surface area contributed by atoms with Gasteiger partial charge in [0.1, 0.15) is 0 Å². The van der Waals surface area contributed by atoms with Gasteiger partial charge in [-0.15, -0.1) is 24.8 Å². The molecule has 1 fully saturated rings. The van der Waals surface area contributed by atoms with E-state index in [1.807, 2.05) is 29.2 Å². The third-order valence-electron chi connectivity index (χ3n) is 4.05. The molecule has 4 nitrogen and oxygen atoms in total. The molecule has 1 aromatic rings. The van der Waals surface area contributed by atoms with E-state index in [-0.39, 0.29) is 36.8 Å². The Balaban J connectivity index is 0.00000242. The molecule has 1 unspecified atom stereocenters. The lowest BCUT2D eigenvalue weighted by Crippen LogP contribution is -2.51. The van der Waals surface area contributed by atoms with Crippen molar-refractivity contribution in [1.82, 2.24) is 15.1 Å². The van der Waals surface area contributed by atoms with Crippen molar-refractivity contribution in [1.29, 1.82) is 0 Å². The van der Waals surface area contributed by atoms with Crippen LogP contribution in [0.4, 0.5) is 0 Å². The Kier molecular flexibility index (Phi) is 10.9. The van der Waals surface area contributed by atoms with E-state index >= 15 is 0 Å². The van der Waals surface area contributed by atoms with Crippen LogP contribution in [0.1, 0.15) is 25.5 Å². The molecular formula is C16H26Cl3N3O. The van der Waals surface area contributed by atoms with E-state index < -0.39 is 0 Å². The fourth-order valence-corrected chi connectivity index (χ4v) is 2.94. The number of carbonyl (C=O) groups is 1. The van der Waals surface area contributed by atoms with Gasteiger partial charge in [-0.05, 0) is 30.8 Å². The number of benzene rings is 1. The second-order valence-electron chi connectivity index (χ2n) is 5.32. The zero-order valence-corrected chi connectivity index (χ0v) is 16.0. The minimum atomic E-state index is 0. The highest BCUT2D eigenvalue weighted by molar-refractivity contribution is 6.30. The first-order valence-corrected chi connectivity index (χ1v) is 8.01. The topological polar surface area (TPSA) is 35.6 Å². The van der Waals surface area contributed by atoms with E-state index in [2.05, 4.69) is 24.1 Å². The molecule has 0 saturated carbocycles. The average Bonchev–Trinajstić information content (AvgIpc) is 2.52. The number of halogens is 3. The monoisotopic (exact) mass is 381 g/mol. The predicted molar refractivity (Wildman–Crippen MR) is 101 cm³/mol. The molecule has 1 atom stereocenters. The molecule has 0 radical (unpaired) electrons. The Morgan fingerprint density at radius 2 is 2.04 bits per heavy atom. The molecule has 2 rings (SSSR count). The van der Waals surface area contributed by atoms with E-state index in [0.717, 1.165) is 38.3 Å². The van der Waals surface area contributed by atoms with Crippen LogP contribution in [0, 0.1) is 0 Å². The van der Waals surface area contributed by atoms with Gasteiger partial charge in [0.05, 0.1) is 12.6 Å². The Morgan fingerprint density at radius 1 is 1.35 bits per heavy atom. The van der Waals surface area contributed by atoms with Gasteiger partial charge < -0.3 is 10.2 Å². The van der Waals surface area contributed by atoms with E-state index in [4.69, 9.17) is 11.6 Å². The standard InChI is InChI=1S/C16H24ClN3O.2ClH/c1-3-19(4-2)12-16(21)20-9-8-18-11-15(20)13-6-5-7-14(17)10-13;;/h5-7,10,15,18H,3-4,8-9,11-12H2,1-2H3;2*1H. The van der Waals surface area contributed by atoms with Crippen molar-refractivity contribution in [3.8, 4) is 0 Å². The highest BCUT2D eigenvalue weighted by Crippen LogP contribution is 2.24. The molecule has 1 amide bonds. The fourth-order valence-electron chi connectivity index (χ4n) is 2.74. The molecule has 1 N–H and O–H groups in total. The lowest BCUT2D eigenvalue weighted by molar-refractivity contribution is -0.135. The summed E-state index contributed by atoms with van der Waals surface area (Å²) < 4.78 is 0. The summed E-state index contributed by atoms with van der Waals surface area (Å²) in [6.45, 7) is 8.84. The molecule has 132 valence electrons. The third kappa shape index (κ3) is 6.12. The molecule has 0 aromatic heterocycles. The third-order valence-corrected chi connectivity index (χ3v) is 4.29. The molecule has 1 aliphatic heterocycles. The van der Waals surface area contributed by atoms with Crippen LogP contribution in [0.15, 0.2) is 24.3 Å². The summed E-state index contributed by atoms with van der Waals surface area (Å²) in [6.07, 6.45) is 0. The van der Waals surface area contributed by atoms with Gasteiger partial charge in [0.2, 0.25) is 5.91 Å². The highest BCUT2D eigenvalue weighted by atomic mass is 35.5. The lowest BCUT2D eigenvalue weighted by Gasteiger charge is -2.37. The minimum absolute atomic E-state index is 0. The van der Waals surface area contributed by atoms with Gasteiger partial charge in [-0.1, -0.05) is 37.6 Å². The van der Waals surface area contributed by atoms with Gasteiger partial charge in [0, 0.05) is 24.7 Å². The average molecular weight is 383 g/mol. The van der Waals surface area contributed by atoms with Crippen LogP contribution in [0.2, 0.25) is 5.02 Å². The molecule has 1 heterocycles. The zero-order valence-electron chi connectivity index (χ0n) is 13.6. The van der Waals surface area contributed by atoms with Gasteiger partial charge in [0.15, 0.2) is 0 Å². The maximum absolute atomic E-state index is 12.6. The largest absolute Gasteiger partial charge is 0.332 e. The Bertz CT molecular complexity index is 483. The van der Waals surface area contributed by atoms with Gasteiger partial charge in [-0.25, -0.2) is 0 Å². The molecule has 1 aromatic carbocycles. The summed E-state index contributed by atoms with van der Waals surface area (Å²) >= 11 is 6.09. The number of piperazine rings is 1. The predicted octanol–water partition coefficient (Wildman–Crippen LogP) is 3.00. The molecule has 7 heteroatoms. The summed E-state index contributed by atoms with van der Waals surface area (Å²) in [4.78, 5) is 16.8. The summed E-state index contributed by atoms with van der Waals surface area (Å²) in [5, 5.41) is 4.09. The smallest absolute Gasteiger partial charge is 0.237 e. The van der Waals surface area contributed by atoms with E-state index in [9.17, 15) is 4.79 Å². The normalized spacial score (nSPS) is 17.4. The maximum Gasteiger partial charge on any atom is 0.237 e. The van der Waals surface area contributed by atoms with E-state index in [1.165, 1.54) is 0 Å². The van der Waals surface area contributed by atoms with Crippen molar-refractivity contribution < 1.29 is 4.79 Å². The minimum Gasteiger partial charge on any atom is -0.332 e. The summed E-state index contributed by atoms with van der Waals surface area (Å²) in [6, 6.07) is 7.88. The second-order valence-corrected chi connectivity index (χ2v) is 5.76. The molecule has 0 aliphatic carbocycles. The van der Waals surface area contributed by atoms with Crippen molar-refractivity contribution in [2.75, 3.05) is 39.3 Å². The van der Waals surface area contributed by atoms with Gasteiger partial charge in [-0.3, -0.25) is 9.69 Å². The summed E-state index contributed by atoms with van der Waals surface area (Å²) in [5.74, 6) is 0.199. The second kappa shape index (κ2) is 11.1. The summed E-state index contributed by atoms with van der Waals surface area (Å²) in [7, 11) is 0. The van der Waals surface area contributed by atoms with Crippen molar-refractivity contribution in [2.45, 2.75) is 19.9 Å². The zero-order chi connectivity index (χ0) is 15.2. The molecule has 1 saturated heterocycles. The number of carbonyl (C=O) groups excluding carboxylic acids is 1. The number of rotatable bonds is 5. The molecule has 0 bridgehead atoms.